The maximum Gasteiger partial charge on any atom is 0.306 e. The summed E-state index contributed by atoms with van der Waals surface area (Å²) >= 11 is 0. The summed E-state index contributed by atoms with van der Waals surface area (Å²) in [7, 11) is 0. The summed E-state index contributed by atoms with van der Waals surface area (Å²) < 4.78 is 1.95. The van der Waals surface area contributed by atoms with Crippen molar-refractivity contribution in [2.45, 2.75) is 39.2 Å². The third-order valence-corrected chi connectivity index (χ3v) is 3.03. The molecular formula is C11H16N2O2. The second-order valence-electron chi connectivity index (χ2n) is 4.43. The number of aromatic nitrogens is 2. The zero-order chi connectivity index (χ0) is 11.0. The summed E-state index contributed by atoms with van der Waals surface area (Å²) in [6, 6.07) is 0.307. The van der Waals surface area contributed by atoms with Gasteiger partial charge in [-0.2, -0.15) is 5.10 Å². The molecule has 0 saturated heterocycles. The summed E-state index contributed by atoms with van der Waals surface area (Å²) in [6.07, 6.45) is 4.10. The molecule has 0 unspecified atom stereocenters. The quantitative estimate of drug-likeness (QED) is 0.804. The summed E-state index contributed by atoms with van der Waals surface area (Å²) in [4.78, 5) is 10.9. The standard InChI is InChI=1S/C11H16N2O2/c1-7(2)13-10-5-8(11(14)15)3-4-9(10)6-12-13/h6-8H,3-5H2,1-2H3,(H,14,15)/t8-/m1/s1. The molecule has 0 aromatic carbocycles. The van der Waals surface area contributed by atoms with E-state index in [1.54, 1.807) is 0 Å². The fourth-order valence-corrected chi connectivity index (χ4v) is 2.18. The molecule has 2 rings (SSSR count). The summed E-state index contributed by atoms with van der Waals surface area (Å²) in [6.45, 7) is 4.13. The number of aliphatic carboxylic acids is 1. The highest BCUT2D eigenvalue weighted by atomic mass is 16.4. The van der Waals surface area contributed by atoms with Gasteiger partial charge in [-0.15, -0.1) is 0 Å². The van der Waals surface area contributed by atoms with Crippen molar-refractivity contribution in [1.29, 1.82) is 0 Å². The Morgan fingerprint density at radius 1 is 1.67 bits per heavy atom. The maximum atomic E-state index is 10.9. The first-order valence-corrected chi connectivity index (χ1v) is 5.37. The molecule has 1 aliphatic rings. The van der Waals surface area contributed by atoms with Crippen LogP contribution in [0.25, 0.3) is 0 Å². The van der Waals surface area contributed by atoms with Crippen LogP contribution in [0.4, 0.5) is 0 Å². The van der Waals surface area contributed by atoms with Gasteiger partial charge in [-0.25, -0.2) is 0 Å². The molecule has 1 aromatic rings. The molecule has 0 radical (unpaired) electrons. The van der Waals surface area contributed by atoms with Gasteiger partial charge in [0.1, 0.15) is 0 Å². The number of nitrogens with zero attached hydrogens (tertiary/aromatic N) is 2. The van der Waals surface area contributed by atoms with E-state index in [0.717, 1.165) is 18.5 Å². The second kappa shape index (κ2) is 3.68. The van der Waals surface area contributed by atoms with Crippen LogP contribution in [0.1, 0.15) is 37.6 Å². The average molecular weight is 208 g/mol. The molecule has 1 aliphatic carbocycles. The predicted molar refractivity (Wildman–Crippen MR) is 55.8 cm³/mol. The molecule has 0 bridgehead atoms. The van der Waals surface area contributed by atoms with Crippen LogP contribution < -0.4 is 0 Å². The Hall–Kier alpha value is -1.32. The monoisotopic (exact) mass is 208 g/mol. The van der Waals surface area contributed by atoms with Crippen molar-refractivity contribution in [3.05, 3.63) is 17.5 Å². The van der Waals surface area contributed by atoms with Crippen molar-refractivity contribution < 1.29 is 9.90 Å². The van der Waals surface area contributed by atoms with Crippen molar-refractivity contribution in [2.75, 3.05) is 0 Å². The van der Waals surface area contributed by atoms with Crippen molar-refractivity contribution in [1.82, 2.24) is 9.78 Å². The fraction of sp³-hybridized carbons (Fsp3) is 0.636. The largest absolute Gasteiger partial charge is 0.481 e. The fourth-order valence-electron chi connectivity index (χ4n) is 2.18. The lowest BCUT2D eigenvalue weighted by atomic mass is 9.88. The molecule has 1 atom stereocenters. The van der Waals surface area contributed by atoms with Gasteiger partial charge in [0, 0.05) is 18.2 Å². The molecule has 82 valence electrons. The molecule has 0 fully saturated rings. The van der Waals surface area contributed by atoms with E-state index in [2.05, 4.69) is 18.9 Å². The van der Waals surface area contributed by atoms with E-state index in [4.69, 9.17) is 5.11 Å². The van der Waals surface area contributed by atoms with Gasteiger partial charge in [-0.1, -0.05) is 0 Å². The Labute approximate surface area is 88.9 Å². The third-order valence-electron chi connectivity index (χ3n) is 3.03. The minimum atomic E-state index is -0.683. The van der Waals surface area contributed by atoms with Crippen LogP contribution >= 0.6 is 0 Å². The highest BCUT2D eigenvalue weighted by Crippen LogP contribution is 2.27. The van der Waals surface area contributed by atoms with Crippen molar-refractivity contribution in [2.24, 2.45) is 5.92 Å². The molecule has 1 N–H and O–H groups in total. The van der Waals surface area contributed by atoms with Crippen LogP contribution in [0.2, 0.25) is 0 Å². The van der Waals surface area contributed by atoms with Gasteiger partial charge in [0.15, 0.2) is 0 Å². The van der Waals surface area contributed by atoms with Crippen LogP contribution in [-0.4, -0.2) is 20.9 Å². The lowest BCUT2D eigenvalue weighted by Crippen LogP contribution is -2.24. The van der Waals surface area contributed by atoms with Crippen LogP contribution in [0.5, 0.6) is 0 Å². The number of fused-ring (bicyclic) bond motifs is 1. The van der Waals surface area contributed by atoms with Gasteiger partial charge >= 0.3 is 5.97 Å². The summed E-state index contributed by atoms with van der Waals surface area (Å²) in [5, 5.41) is 13.3. The maximum absolute atomic E-state index is 10.9. The Bertz CT molecular complexity index is 382. The van der Waals surface area contributed by atoms with Crippen LogP contribution in [-0.2, 0) is 17.6 Å². The lowest BCUT2D eigenvalue weighted by Gasteiger charge is -2.21. The number of carbonyl (C=O) groups is 1. The third kappa shape index (κ3) is 1.76. The molecular weight excluding hydrogens is 192 g/mol. The smallest absolute Gasteiger partial charge is 0.306 e. The van der Waals surface area contributed by atoms with Gasteiger partial charge < -0.3 is 5.11 Å². The molecule has 1 aromatic heterocycles. The average Bonchev–Trinajstić information content (AvgIpc) is 2.59. The van der Waals surface area contributed by atoms with E-state index in [1.165, 1.54) is 5.56 Å². The molecule has 0 aliphatic heterocycles. The van der Waals surface area contributed by atoms with Gasteiger partial charge in [0.05, 0.1) is 12.1 Å². The van der Waals surface area contributed by atoms with Crippen LogP contribution in [0, 0.1) is 5.92 Å². The molecule has 0 spiro atoms. The van der Waals surface area contributed by atoms with Gasteiger partial charge in [0.25, 0.3) is 0 Å². The van der Waals surface area contributed by atoms with Gasteiger partial charge in [-0.3, -0.25) is 9.48 Å². The zero-order valence-corrected chi connectivity index (χ0v) is 9.10. The molecule has 0 amide bonds. The predicted octanol–water partition coefficient (Wildman–Crippen LogP) is 1.65. The van der Waals surface area contributed by atoms with Crippen LogP contribution in [0.15, 0.2) is 6.20 Å². The van der Waals surface area contributed by atoms with E-state index in [1.807, 2.05) is 10.9 Å². The van der Waals surface area contributed by atoms with Crippen molar-refractivity contribution >= 4 is 5.97 Å². The highest BCUT2D eigenvalue weighted by molar-refractivity contribution is 5.70. The van der Waals surface area contributed by atoms with Crippen LogP contribution in [0.3, 0.4) is 0 Å². The summed E-state index contributed by atoms with van der Waals surface area (Å²) in [5.74, 6) is -0.913. The molecule has 1 heterocycles. The molecule has 15 heavy (non-hydrogen) atoms. The molecule has 4 heteroatoms. The van der Waals surface area contributed by atoms with Gasteiger partial charge in [-0.05, 0) is 32.3 Å². The Kier molecular flexibility index (Phi) is 2.50. The number of rotatable bonds is 2. The first-order valence-electron chi connectivity index (χ1n) is 5.37. The Morgan fingerprint density at radius 2 is 2.40 bits per heavy atom. The first-order chi connectivity index (χ1) is 7.09. The minimum Gasteiger partial charge on any atom is -0.481 e. The SMILES string of the molecule is CC(C)n1ncc2c1C[C@H](C(=O)O)CC2. The van der Waals surface area contributed by atoms with Gasteiger partial charge in [0.2, 0.25) is 0 Å². The lowest BCUT2D eigenvalue weighted by molar-refractivity contribution is -0.142. The van der Waals surface area contributed by atoms with E-state index < -0.39 is 5.97 Å². The zero-order valence-electron chi connectivity index (χ0n) is 9.10. The molecule has 4 nitrogen and oxygen atoms in total. The van der Waals surface area contributed by atoms with Crippen molar-refractivity contribution in [3.63, 3.8) is 0 Å². The highest BCUT2D eigenvalue weighted by Gasteiger charge is 2.27. The van der Waals surface area contributed by atoms with E-state index in [0.29, 0.717) is 12.5 Å². The topological polar surface area (TPSA) is 55.1 Å². The number of carboxylic acid groups (broad SMARTS) is 1. The first kappa shape index (κ1) is 10.2. The van der Waals surface area contributed by atoms with E-state index in [9.17, 15) is 4.79 Å². The summed E-state index contributed by atoms with van der Waals surface area (Å²) in [5.41, 5.74) is 2.34. The van der Waals surface area contributed by atoms with Crippen molar-refractivity contribution in [3.8, 4) is 0 Å². The number of hydrogen-bond acceptors (Lipinski definition) is 2. The Balaban J connectivity index is 2.30. The normalized spacial score (nSPS) is 20.3. The second-order valence-corrected chi connectivity index (χ2v) is 4.43. The minimum absolute atomic E-state index is 0.230. The van der Waals surface area contributed by atoms with E-state index >= 15 is 0 Å². The molecule has 0 saturated carbocycles. The number of hydrogen-bond donors (Lipinski definition) is 1. The van der Waals surface area contributed by atoms with E-state index in [-0.39, 0.29) is 5.92 Å². The Morgan fingerprint density at radius 3 is 3.00 bits per heavy atom. The number of aryl methyl sites for hydroxylation is 1. The number of carboxylic acids is 1.